The van der Waals surface area contributed by atoms with Crippen LogP contribution in [0.4, 0.5) is 5.82 Å². The van der Waals surface area contributed by atoms with Crippen molar-refractivity contribution in [1.29, 1.82) is 0 Å². The minimum absolute atomic E-state index is 0.563. The molecular weight excluding hydrogens is 412 g/mol. The number of anilines is 1. The van der Waals surface area contributed by atoms with Crippen LogP contribution in [0.1, 0.15) is 18.4 Å². The maximum Gasteiger partial charge on any atom is 0.133 e. The van der Waals surface area contributed by atoms with Gasteiger partial charge in [-0.05, 0) is 55.7 Å². The van der Waals surface area contributed by atoms with Gasteiger partial charge in [0, 0.05) is 32.7 Å². The molecule has 4 rings (SSSR count). The van der Waals surface area contributed by atoms with Crippen LogP contribution in [0, 0.1) is 0 Å². The van der Waals surface area contributed by atoms with Crippen LogP contribution in [0.25, 0.3) is 16.9 Å². The van der Waals surface area contributed by atoms with Crippen molar-refractivity contribution in [3.8, 4) is 16.9 Å². The molecular formula is C19H15Cl4N3. The quantitative estimate of drug-likeness (QED) is 0.482. The second-order valence-corrected chi connectivity index (χ2v) is 7.94. The molecule has 0 amide bonds. The highest BCUT2D eigenvalue weighted by molar-refractivity contribution is 6.35. The lowest BCUT2D eigenvalue weighted by atomic mass is 10.0. The van der Waals surface area contributed by atoms with Crippen LogP contribution in [0.5, 0.6) is 0 Å². The number of nitrogens with one attached hydrogen (secondary N) is 1. The second-order valence-electron chi connectivity index (χ2n) is 6.22. The summed E-state index contributed by atoms with van der Waals surface area (Å²) < 4.78 is 1.85. The third-order valence-corrected chi connectivity index (χ3v) is 5.41. The lowest BCUT2D eigenvalue weighted by Gasteiger charge is -2.10. The van der Waals surface area contributed by atoms with Crippen LogP contribution >= 0.6 is 46.4 Å². The second kappa shape index (κ2) is 7.32. The molecule has 0 atom stereocenters. The number of hydrogen-bond donors (Lipinski definition) is 1. The molecule has 0 unspecified atom stereocenters. The Bertz CT molecular complexity index is 961. The molecule has 1 N–H and O–H groups in total. The van der Waals surface area contributed by atoms with Crippen LogP contribution in [0.3, 0.4) is 0 Å². The first kappa shape index (κ1) is 18.0. The highest BCUT2D eigenvalue weighted by atomic mass is 35.5. The number of hydrogen-bond acceptors (Lipinski definition) is 2. The van der Waals surface area contributed by atoms with Gasteiger partial charge in [0.05, 0.1) is 16.4 Å². The molecule has 2 aromatic carbocycles. The molecule has 0 spiro atoms. The first-order valence-corrected chi connectivity index (χ1v) is 9.82. The van der Waals surface area contributed by atoms with Crippen LogP contribution in [-0.2, 0) is 6.42 Å². The molecule has 0 radical (unpaired) electrons. The standard InChI is InChI=1S/C19H15Cl4N3/c20-11-4-5-17(23)16(10-11)18-15-3-1-2-6-24-19(15)26(25-18)14-8-12(21)7-13(22)9-14/h4-5,7-10,24H,1-3,6H2. The monoisotopic (exact) mass is 425 g/mol. The van der Waals surface area contributed by atoms with Crippen molar-refractivity contribution >= 4 is 52.2 Å². The predicted molar refractivity (Wildman–Crippen MR) is 110 cm³/mol. The SMILES string of the molecule is Clc1cc(Cl)cc(-n2nc(-c3cc(Cl)ccc3Cl)c3c2NCCCC3)c1. The van der Waals surface area contributed by atoms with Gasteiger partial charge in [0.15, 0.2) is 0 Å². The third kappa shape index (κ3) is 3.41. The van der Waals surface area contributed by atoms with Crippen LogP contribution in [0.2, 0.25) is 20.1 Å². The van der Waals surface area contributed by atoms with Crippen LogP contribution in [-0.4, -0.2) is 16.3 Å². The topological polar surface area (TPSA) is 29.9 Å². The first-order chi connectivity index (χ1) is 12.5. The molecule has 2 heterocycles. The Labute approximate surface area is 171 Å². The summed E-state index contributed by atoms with van der Waals surface area (Å²) in [5.74, 6) is 0.951. The zero-order chi connectivity index (χ0) is 18.3. The van der Waals surface area contributed by atoms with E-state index in [2.05, 4.69) is 5.32 Å². The van der Waals surface area contributed by atoms with Crippen molar-refractivity contribution < 1.29 is 0 Å². The Morgan fingerprint density at radius 1 is 0.885 bits per heavy atom. The van der Waals surface area contributed by atoms with Gasteiger partial charge in [-0.3, -0.25) is 0 Å². The molecule has 0 bridgehead atoms. The van der Waals surface area contributed by atoms with Crippen molar-refractivity contribution in [2.45, 2.75) is 19.3 Å². The zero-order valence-electron chi connectivity index (χ0n) is 13.7. The van der Waals surface area contributed by atoms with Gasteiger partial charge in [0.2, 0.25) is 0 Å². The molecule has 1 aliphatic heterocycles. The fraction of sp³-hybridized carbons (Fsp3) is 0.211. The Hall–Kier alpha value is -1.39. The summed E-state index contributed by atoms with van der Waals surface area (Å²) in [7, 11) is 0. The highest BCUT2D eigenvalue weighted by Gasteiger charge is 2.23. The zero-order valence-corrected chi connectivity index (χ0v) is 16.7. The summed E-state index contributed by atoms with van der Waals surface area (Å²) in [6.45, 7) is 0.885. The number of halogens is 4. The first-order valence-electron chi connectivity index (χ1n) is 8.30. The van der Waals surface area contributed by atoms with Crippen molar-refractivity contribution in [1.82, 2.24) is 9.78 Å². The van der Waals surface area contributed by atoms with E-state index in [0.29, 0.717) is 20.1 Å². The van der Waals surface area contributed by atoms with E-state index in [1.165, 1.54) is 0 Å². The minimum Gasteiger partial charge on any atom is -0.370 e. The van der Waals surface area contributed by atoms with Gasteiger partial charge < -0.3 is 5.32 Å². The van der Waals surface area contributed by atoms with Gasteiger partial charge in [-0.15, -0.1) is 0 Å². The third-order valence-electron chi connectivity index (χ3n) is 4.40. The molecule has 1 aliphatic rings. The van der Waals surface area contributed by atoms with Gasteiger partial charge >= 0.3 is 0 Å². The van der Waals surface area contributed by atoms with Gasteiger partial charge in [0.25, 0.3) is 0 Å². The molecule has 1 aromatic heterocycles. The average Bonchev–Trinajstić information content (AvgIpc) is 2.78. The maximum absolute atomic E-state index is 6.45. The van der Waals surface area contributed by atoms with Crippen LogP contribution in [0.15, 0.2) is 36.4 Å². The van der Waals surface area contributed by atoms with Gasteiger partial charge in [-0.25, -0.2) is 4.68 Å². The van der Waals surface area contributed by atoms with E-state index in [4.69, 9.17) is 51.5 Å². The van der Waals surface area contributed by atoms with Crippen molar-refractivity contribution in [2.75, 3.05) is 11.9 Å². The highest BCUT2D eigenvalue weighted by Crippen LogP contribution is 2.38. The van der Waals surface area contributed by atoms with Crippen molar-refractivity contribution in [3.63, 3.8) is 0 Å². The van der Waals surface area contributed by atoms with E-state index in [-0.39, 0.29) is 0 Å². The van der Waals surface area contributed by atoms with E-state index in [1.807, 2.05) is 22.9 Å². The molecule has 3 nitrogen and oxygen atoms in total. The Morgan fingerprint density at radius 2 is 1.65 bits per heavy atom. The summed E-state index contributed by atoms with van der Waals surface area (Å²) in [4.78, 5) is 0. The number of benzene rings is 2. The van der Waals surface area contributed by atoms with Gasteiger partial charge in [-0.2, -0.15) is 5.10 Å². The largest absolute Gasteiger partial charge is 0.370 e. The van der Waals surface area contributed by atoms with E-state index < -0.39 is 0 Å². The smallest absolute Gasteiger partial charge is 0.133 e. The molecule has 0 fully saturated rings. The summed E-state index contributed by atoms with van der Waals surface area (Å²) >= 11 is 25.1. The van der Waals surface area contributed by atoms with Crippen molar-refractivity contribution in [3.05, 3.63) is 62.1 Å². The molecule has 3 aromatic rings. The fourth-order valence-electron chi connectivity index (χ4n) is 3.25. The Morgan fingerprint density at radius 3 is 2.42 bits per heavy atom. The molecule has 0 aliphatic carbocycles. The molecule has 0 saturated carbocycles. The fourth-order valence-corrected chi connectivity index (χ4v) is 4.14. The van der Waals surface area contributed by atoms with Gasteiger partial charge in [0.1, 0.15) is 5.82 Å². The lowest BCUT2D eigenvalue weighted by molar-refractivity contribution is 0.780. The number of aromatic nitrogens is 2. The predicted octanol–water partition coefficient (Wildman–Crippen LogP) is 6.90. The number of rotatable bonds is 2. The number of fused-ring (bicyclic) bond motifs is 1. The minimum atomic E-state index is 0.563. The summed E-state index contributed by atoms with van der Waals surface area (Å²) in [6, 6.07) is 10.8. The Kier molecular flexibility index (Phi) is 5.07. The molecule has 0 saturated heterocycles. The average molecular weight is 427 g/mol. The summed E-state index contributed by atoms with van der Waals surface area (Å²) in [5.41, 5.74) is 3.59. The normalized spacial score (nSPS) is 13.8. The van der Waals surface area contributed by atoms with Gasteiger partial charge in [-0.1, -0.05) is 46.4 Å². The molecule has 7 heteroatoms. The molecule has 134 valence electrons. The summed E-state index contributed by atoms with van der Waals surface area (Å²) in [5, 5.41) is 10.7. The Balaban J connectivity index is 1.96. The molecule has 26 heavy (non-hydrogen) atoms. The maximum atomic E-state index is 6.45. The summed E-state index contributed by atoms with van der Waals surface area (Å²) in [6.07, 6.45) is 3.08. The van der Waals surface area contributed by atoms with E-state index in [9.17, 15) is 0 Å². The van der Waals surface area contributed by atoms with E-state index in [0.717, 1.165) is 54.1 Å². The number of nitrogens with zero attached hydrogens (tertiary/aromatic N) is 2. The van der Waals surface area contributed by atoms with Crippen molar-refractivity contribution in [2.24, 2.45) is 0 Å². The van der Waals surface area contributed by atoms with Crippen LogP contribution < -0.4 is 5.32 Å². The van der Waals surface area contributed by atoms with E-state index >= 15 is 0 Å². The lowest BCUT2D eigenvalue weighted by Crippen LogP contribution is -2.07. The van der Waals surface area contributed by atoms with E-state index in [1.54, 1.807) is 18.2 Å².